The van der Waals surface area contributed by atoms with E-state index in [0.717, 1.165) is 23.3 Å². The number of rotatable bonds is 2. The average molecular weight is 397 g/mol. The fourth-order valence-electron chi connectivity index (χ4n) is 8.10. The van der Waals surface area contributed by atoms with Crippen molar-refractivity contribution in [2.45, 2.75) is 57.0 Å². The molecule has 4 aliphatic carbocycles. The number of fused-ring (bicyclic) bond motifs is 2. The minimum absolute atomic E-state index is 0.0288. The summed E-state index contributed by atoms with van der Waals surface area (Å²) in [5.41, 5.74) is 5.83. The van der Waals surface area contributed by atoms with Crippen LogP contribution in [0.2, 0.25) is 0 Å². The maximum atomic E-state index is 14.0. The van der Waals surface area contributed by atoms with Crippen molar-refractivity contribution in [1.29, 1.82) is 0 Å². The number of nitrogens with zero attached hydrogens (tertiary/aromatic N) is 1. The lowest BCUT2D eigenvalue weighted by atomic mass is 9.52. The van der Waals surface area contributed by atoms with E-state index >= 15 is 0 Å². The van der Waals surface area contributed by atoms with Crippen LogP contribution in [0.1, 0.15) is 71.7 Å². The Kier molecular flexibility index (Phi) is 3.31. The summed E-state index contributed by atoms with van der Waals surface area (Å²) in [5, 5.41) is 1.26. The van der Waals surface area contributed by atoms with Crippen molar-refractivity contribution in [1.82, 2.24) is 9.88 Å². The highest BCUT2D eigenvalue weighted by atomic mass is 16.2. The zero-order valence-corrected chi connectivity index (χ0v) is 17.5. The Balaban J connectivity index is 1.46. The molecule has 4 fully saturated rings. The van der Waals surface area contributed by atoms with Gasteiger partial charge in [-0.2, -0.15) is 0 Å². The first-order valence-corrected chi connectivity index (χ1v) is 11.6. The molecule has 1 atom stereocenters. The van der Waals surface area contributed by atoms with E-state index in [4.69, 9.17) is 0 Å². The lowest BCUT2D eigenvalue weighted by Gasteiger charge is -2.60. The van der Waals surface area contributed by atoms with Gasteiger partial charge in [0.25, 0.3) is 5.91 Å². The molecule has 1 aliphatic heterocycles. The van der Waals surface area contributed by atoms with Gasteiger partial charge in [-0.1, -0.05) is 36.4 Å². The van der Waals surface area contributed by atoms with Gasteiger partial charge in [-0.15, -0.1) is 0 Å². The second kappa shape index (κ2) is 5.78. The predicted molar refractivity (Wildman–Crippen MR) is 118 cm³/mol. The maximum absolute atomic E-state index is 14.0. The summed E-state index contributed by atoms with van der Waals surface area (Å²) in [5.74, 6) is 2.72. The second-order valence-electron chi connectivity index (χ2n) is 10.5. The van der Waals surface area contributed by atoms with Crippen LogP contribution in [-0.2, 0) is 0 Å². The van der Waals surface area contributed by atoms with Crippen LogP contribution in [0.15, 0.2) is 48.5 Å². The minimum Gasteiger partial charge on any atom is -0.358 e. The van der Waals surface area contributed by atoms with Crippen LogP contribution in [0.4, 0.5) is 0 Å². The van der Waals surface area contributed by atoms with Gasteiger partial charge in [0.05, 0.1) is 6.04 Å². The Morgan fingerprint density at radius 2 is 1.53 bits per heavy atom. The van der Waals surface area contributed by atoms with Gasteiger partial charge in [-0.3, -0.25) is 4.79 Å². The van der Waals surface area contributed by atoms with E-state index in [9.17, 15) is 4.79 Å². The molecule has 0 radical (unpaired) electrons. The van der Waals surface area contributed by atoms with Gasteiger partial charge in [0.15, 0.2) is 0 Å². The van der Waals surface area contributed by atoms with Crippen LogP contribution in [0, 0.1) is 24.7 Å². The number of benzene rings is 2. The smallest absolute Gasteiger partial charge is 0.255 e. The first-order chi connectivity index (χ1) is 14.6. The number of hydrogen-bond donors (Lipinski definition) is 1. The van der Waals surface area contributed by atoms with Crippen LogP contribution < -0.4 is 0 Å². The number of aryl methyl sites for hydroxylation is 1. The zero-order valence-electron chi connectivity index (χ0n) is 17.5. The van der Waals surface area contributed by atoms with E-state index in [-0.39, 0.29) is 17.5 Å². The summed E-state index contributed by atoms with van der Waals surface area (Å²) < 4.78 is 0. The van der Waals surface area contributed by atoms with Gasteiger partial charge in [0, 0.05) is 33.3 Å². The van der Waals surface area contributed by atoms with Crippen molar-refractivity contribution in [2.75, 3.05) is 0 Å². The third kappa shape index (κ3) is 2.13. The van der Waals surface area contributed by atoms with Gasteiger partial charge >= 0.3 is 0 Å². The fraction of sp³-hybridized carbons (Fsp3) is 0.444. The molecule has 8 rings (SSSR count). The molecule has 30 heavy (non-hydrogen) atoms. The number of carbonyl (C=O) groups excluding carboxylic acids is 1. The Morgan fingerprint density at radius 3 is 2.27 bits per heavy atom. The molecule has 0 saturated heterocycles. The molecule has 3 aromatic rings. The molecule has 0 spiro atoms. The molecule has 3 nitrogen and oxygen atoms in total. The Bertz CT molecular complexity index is 1150. The Labute approximate surface area is 177 Å². The summed E-state index contributed by atoms with van der Waals surface area (Å²) in [6, 6.07) is 17.0. The summed E-state index contributed by atoms with van der Waals surface area (Å²) >= 11 is 0. The first kappa shape index (κ1) is 17.2. The largest absolute Gasteiger partial charge is 0.358 e. The monoisotopic (exact) mass is 396 g/mol. The summed E-state index contributed by atoms with van der Waals surface area (Å²) in [6.07, 6.45) is 7.80. The normalized spacial score (nSPS) is 34.2. The van der Waals surface area contributed by atoms with Crippen LogP contribution in [0.3, 0.4) is 0 Å². The fourth-order valence-corrected chi connectivity index (χ4v) is 8.10. The van der Waals surface area contributed by atoms with Gasteiger partial charge in [0.2, 0.25) is 0 Å². The maximum Gasteiger partial charge on any atom is 0.255 e. The summed E-state index contributed by atoms with van der Waals surface area (Å²) in [6.45, 7) is 2.18. The molecule has 2 aromatic carbocycles. The molecule has 1 N–H and O–H groups in total. The van der Waals surface area contributed by atoms with Crippen molar-refractivity contribution in [2.24, 2.45) is 17.8 Å². The highest BCUT2D eigenvalue weighted by molar-refractivity contribution is 6.01. The zero-order chi connectivity index (χ0) is 20.0. The highest BCUT2D eigenvalue weighted by Gasteiger charge is 2.58. The van der Waals surface area contributed by atoms with E-state index in [0.29, 0.717) is 0 Å². The molecule has 1 amide bonds. The molecule has 3 heteroatoms. The Morgan fingerprint density at radius 1 is 0.900 bits per heavy atom. The highest BCUT2D eigenvalue weighted by Crippen LogP contribution is 2.61. The van der Waals surface area contributed by atoms with E-state index in [1.165, 1.54) is 66.2 Å². The lowest BCUT2D eigenvalue weighted by molar-refractivity contribution is -0.0806. The molecular weight excluding hydrogens is 368 g/mol. The van der Waals surface area contributed by atoms with Crippen LogP contribution in [0.25, 0.3) is 10.9 Å². The quantitative estimate of drug-likeness (QED) is 0.567. The van der Waals surface area contributed by atoms with E-state index in [1.54, 1.807) is 0 Å². The third-order valence-corrected chi connectivity index (χ3v) is 8.70. The standard InChI is InChI=1S/C27H28N2O/c1-16-24(22-8-4-5-9-23(22)28-16)25-20-6-2-3-7-21(20)26(30)29(25)27-13-17-10-18(14-27)12-19(11-17)15-27/h2-9,17-19,25,28H,10-15H2,1H3/t17?,18?,19?,25-,27?/m1/s1. The number of para-hydroxylation sites is 1. The molecule has 2 heterocycles. The molecule has 152 valence electrons. The van der Waals surface area contributed by atoms with Gasteiger partial charge in [-0.25, -0.2) is 0 Å². The molecule has 5 aliphatic rings. The van der Waals surface area contributed by atoms with Crippen molar-refractivity contribution < 1.29 is 4.79 Å². The van der Waals surface area contributed by atoms with Crippen LogP contribution in [-0.4, -0.2) is 21.3 Å². The number of hydrogen-bond acceptors (Lipinski definition) is 1. The van der Waals surface area contributed by atoms with E-state index < -0.39 is 0 Å². The van der Waals surface area contributed by atoms with Gasteiger partial charge < -0.3 is 9.88 Å². The lowest BCUT2D eigenvalue weighted by Crippen LogP contribution is -2.61. The number of aromatic amines is 1. The first-order valence-electron chi connectivity index (χ1n) is 11.6. The molecule has 4 bridgehead atoms. The van der Waals surface area contributed by atoms with E-state index in [2.05, 4.69) is 59.3 Å². The topological polar surface area (TPSA) is 36.1 Å². The second-order valence-corrected chi connectivity index (χ2v) is 10.5. The van der Waals surface area contributed by atoms with Gasteiger partial charge in [-0.05, 0) is 80.9 Å². The summed E-state index contributed by atoms with van der Waals surface area (Å²) in [4.78, 5) is 20.0. The predicted octanol–water partition coefficient (Wildman–Crippen LogP) is 5.99. The molecule has 1 aromatic heterocycles. The molecular formula is C27H28N2O. The molecule has 0 unspecified atom stereocenters. The number of nitrogens with one attached hydrogen (secondary N) is 1. The number of aromatic nitrogens is 1. The molecule has 4 saturated carbocycles. The average Bonchev–Trinajstić information content (AvgIpc) is 3.21. The van der Waals surface area contributed by atoms with Crippen molar-refractivity contribution in [3.8, 4) is 0 Å². The van der Waals surface area contributed by atoms with Crippen LogP contribution >= 0.6 is 0 Å². The van der Waals surface area contributed by atoms with Crippen molar-refractivity contribution in [3.05, 3.63) is 70.9 Å². The number of amides is 1. The minimum atomic E-state index is 0.0288. The van der Waals surface area contributed by atoms with Crippen molar-refractivity contribution >= 4 is 16.8 Å². The van der Waals surface area contributed by atoms with Gasteiger partial charge in [0.1, 0.15) is 0 Å². The summed E-state index contributed by atoms with van der Waals surface area (Å²) in [7, 11) is 0. The van der Waals surface area contributed by atoms with E-state index in [1.807, 2.05) is 6.07 Å². The number of carbonyl (C=O) groups is 1. The van der Waals surface area contributed by atoms with Crippen LogP contribution in [0.5, 0.6) is 0 Å². The number of H-pyrrole nitrogens is 1. The SMILES string of the molecule is Cc1[nH]c2ccccc2c1[C@H]1c2ccccc2C(=O)N1C12CC3CC(CC(C3)C1)C2. The van der Waals surface area contributed by atoms with Crippen molar-refractivity contribution in [3.63, 3.8) is 0 Å². The Hall–Kier alpha value is -2.55. The third-order valence-electron chi connectivity index (χ3n) is 8.70.